The number of hydrogen-bond acceptors (Lipinski definition) is 2. The summed E-state index contributed by atoms with van der Waals surface area (Å²) in [6.45, 7) is 11.8. The van der Waals surface area contributed by atoms with E-state index in [9.17, 15) is 5.11 Å². The molecule has 2 nitrogen and oxygen atoms in total. The Balaban J connectivity index is 2.17. The molecular formula is C22H38O2Si. The Bertz CT molecular complexity index is 520. The van der Waals surface area contributed by atoms with Crippen molar-refractivity contribution in [2.45, 2.75) is 102 Å². The lowest BCUT2D eigenvalue weighted by molar-refractivity contribution is 0.0186. The fourth-order valence-corrected chi connectivity index (χ4v) is 5.38. The first-order valence-electron chi connectivity index (χ1n) is 10.1. The first-order chi connectivity index (χ1) is 11.6. The van der Waals surface area contributed by atoms with Crippen LogP contribution in [0.15, 0.2) is 24.3 Å². The van der Waals surface area contributed by atoms with Crippen LogP contribution in [0.1, 0.15) is 77.7 Å². The topological polar surface area (TPSA) is 29.5 Å². The highest BCUT2D eigenvalue weighted by Crippen LogP contribution is 2.44. The standard InChI is InChI=1S/C22H38O2Si/c1-21(2,3)25(4,5)24-22(16-9-7-6-8-10-17-22)18-15-19-11-13-20(23)14-12-19/h11-14,23H,6-10,15-18H2,1-5H3. The molecule has 0 unspecified atom stereocenters. The van der Waals surface area contributed by atoms with Crippen molar-refractivity contribution >= 4 is 8.32 Å². The van der Waals surface area contributed by atoms with Crippen LogP contribution in [0.3, 0.4) is 0 Å². The molecule has 0 saturated heterocycles. The maximum Gasteiger partial charge on any atom is 0.192 e. The predicted octanol–water partition coefficient (Wildman–Crippen LogP) is 6.83. The van der Waals surface area contributed by atoms with Gasteiger partial charge in [0.25, 0.3) is 0 Å². The quantitative estimate of drug-likeness (QED) is 0.582. The van der Waals surface area contributed by atoms with E-state index in [4.69, 9.17) is 4.43 Å². The van der Waals surface area contributed by atoms with Gasteiger partial charge in [0.05, 0.1) is 5.60 Å². The van der Waals surface area contributed by atoms with Gasteiger partial charge in [-0.15, -0.1) is 0 Å². The molecule has 0 heterocycles. The second kappa shape index (κ2) is 8.26. The van der Waals surface area contributed by atoms with Crippen LogP contribution in [-0.2, 0) is 10.8 Å². The Kier molecular flexibility index (Phi) is 6.78. The molecule has 1 fully saturated rings. The summed E-state index contributed by atoms with van der Waals surface area (Å²) in [5.41, 5.74) is 1.35. The zero-order valence-electron chi connectivity index (χ0n) is 17.0. The van der Waals surface area contributed by atoms with Crippen LogP contribution < -0.4 is 0 Å². The Morgan fingerprint density at radius 3 is 2.00 bits per heavy atom. The molecule has 1 saturated carbocycles. The Hall–Kier alpha value is -0.803. The molecule has 1 aromatic carbocycles. The Labute approximate surface area is 156 Å². The van der Waals surface area contributed by atoms with Crippen molar-refractivity contribution in [2.75, 3.05) is 0 Å². The number of aromatic hydroxyl groups is 1. The molecule has 0 spiro atoms. The van der Waals surface area contributed by atoms with E-state index in [0.29, 0.717) is 5.75 Å². The molecule has 1 aliphatic rings. The van der Waals surface area contributed by atoms with Crippen LogP contribution in [0.25, 0.3) is 0 Å². The molecule has 142 valence electrons. The van der Waals surface area contributed by atoms with Gasteiger partial charge in [0.1, 0.15) is 5.75 Å². The van der Waals surface area contributed by atoms with Gasteiger partial charge >= 0.3 is 0 Å². The van der Waals surface area contributed by atoms with E-state index in [0.717, 1.165) is 12.8 Å². The van der Waals surface area contributed by atoms with Gasteiger partial charge in [0, 0.05) is 0 Å². The molecule has 0 atom stereocenters. The van der Waals surface area contributed by atoms with E-state index in [1.54, 1.807) is 12.1 Å². The highest BCUT2D eigenvalue weighted by Gasteiger charge is 2.44. The van der Waals surface area contributed by atoms with Gasteiger partial charge in [0.15, 0.2) is 8.32 Å². The van der Waals surface area contributed by atoms with E-state index in [1.165, 1.54) is 50.5 Å². The average Bonchev–Trinajstić information content (AvgIpc) is 2.49. The van der Waals surface area contributed by atoms with Crippen molar-refractivity contribution in [2.24, 2.45) is 0 Å². The van der Waals surface area contributed by atoms with Crippen molar-refractivity contribution in [1.29, 1.82) is 0 Å². The molecule has 0 amide bonds. The second-order valence-corrected chi connectivity index (χ2v) is 14.2. The number of rotatable bonds is 5. The molecule has 0 aliphatic heterocycles. The molecule has 3 heteroatoms. The SMILES string of the molecule is CC(C)(C)[Si](C)(C)OC1(CCc2ccc(O)cc2)CCCCCCC1. The predicted molar refractivity (Wildman–Crippen MR) is 110 cm³/mol. The van der Waals surface area contributed by atoms with Crippen LogP contribution in [0.5, 0.6) is 5.75 Å². The number of benzene rings is 1. The number of hydrogen-bond donors (Lipinski definition) is 1. The summed E-state index contributed by atoms with van der Waals surface area (Å²) in [7, 11) is -1.79. The van der Waals surface area contributed by atoms with E-state index in [2.05, 4.69) is 46.0 Å². The van der Waals surface area contributed by atoms with Gasteiger partial charge < -0.3 is 9.53 Å². The van der Waals surface area contributed by atoms with Crippen LogP contribution in [0.4, 0.5) is 0 Å². The monoisotopic (exact) mass is 362 g/mol. The van der Waals surface area contributed by atoms with Gasteiger partial charge in [-0.2, -0.15) is 0 Å². The number of phenolic OH excluding ortho intramolecular Hbond substituents is 1. The molecule has 1 N–H and O–H groups in total. The van der Waals surface area contributed by atoms with Crippen LogP contribution >= 0.6 is 0 Å². The van der Waals surface area contributed by atoms with Gasteiger partial charge in [0.2, 0.25) is 0 Å². The van der Waals surface area contributed by atoms with E-state index >= 15 is 0 Å². The van der Waals surface area contributed by atoms with E-state index < -0.39 is 8.32 Å². The first kappa shape index (κ1) is 20.5. The van der Waals surface area contributed by atoms with Gasteiger partial charge in [-0.1, -0.05) is 65.0 Å². The molecule has 2 rings (SSSR count). The normalized spacial score (nSPS) is 19.2. The van der Waals surface area contributed by atoms with Crippen LogP contribution in [0.2, 0.25) is 18.1 Å². The van der Waals surface area contributed by atoms with Crippen molar-refractivity contribution in [3.05, 3.63) is 29.8 Å². The van der Waals surface area contributed by atoms with E-state index in [-0.39, 0.29) is 10.6 Å². The van der Waals surface area contributed by atoms with Crippen molar-refractivity contribution in [1.82, 2.24) is 0 Å². The highest BCUT2D eigenvalue weighted by atomic mass is 28.4. The van der Waals surface area contributed by atoms with E-state index in [1.807, 2.05) is 0 Å². The molecule has 0 bridgehead atoms. The molecule has 0 radical (unpaired) electrons. The largest absolute Gasteiger partial charge is 0.508 e. The number of aryl methyl sites for hydroxylation is 1. The molecule has 1 aromatic rings. The van der Waals surface area contributed by atoms with Crippen molar-refractivity contribution in [3.8, 4) is 5.75 Å². The minimum absolute atomic E-state index is 0.0430. The smallest absolute Gasteiger partial charge is 0.192 e. The lowest BCUT2D eigenvalue weighted by Crippen LogP contribution is -2.50. The maximum absolute atomic E-state index is 9.52. The average molecular weight is 363 g/mol. The summed E-state index contributed by atoms with van der Waals surface area (Å²) in [5.74, 6) is 0.349. The highest BCUT2D eigenvalue weighted by molar-refractivity contribution is 6.74. The zero-order chi connectivity index (χ0) is 18.6. The first-order valence-corrected chi connectivity index (χ1v) is 13.0. The molecule has 1 aliphatic carbocycles. The minimum Gasteiger partial charge on any atom is -0.508 e. The summed E-state index contributed by atoms with van der Waals surface area (Å²) < 4.78 is 7.10. The molecule has 0 aromatic heterocycles. The van der Waals surface area contributed by atoms with Crippen LogP contribution in [0, 0.1) is 0 Å². The number of phenols is 1. The fraction of sp³-hybridized carbons (Fsp3) is 0.727. The Morgan fingerprint density at radius 1 is 0.960 bits per heavy atom. The van der Waals surface area contributed by atoms with Crippen LogP contribution in [-0.4, -0.2) is 19.0 Å². The second-order valence-electron chi connectivity index (χ2n) is 9.48. The summed E-state index contributed by atoms with van der Waals surface area (Å²) in [5, 5.41) is 9.77. The summed E-state index contributed by atoms with van der Waals surface area (Å²) in [4.78, 5) is 0. The lowest BCUT2D eigenvalue weighted by Gasteiger charge is -2.47. The summed E-state index contributed by atoms with van der Waals surface area (Å²) in [6, 6.07) is 7.71. The van der Waals surface area contributed by atoms with Crippen molar-refractivity contribution < 1.29 is 9.53 Å². The summed E-state index contributed by atoms with van der Waals surface area (Å²) >= 11 is 0. The third-order valence-corrected chi connectivity index (χ3v) is 10.9. The zero-order valence-corrected chi connectivity index (χ0v) is 18.0. The fourth-order valence-electron chi connectivity index (χ4n) is 3.68. The maximum atomic E-state index is 9.52. The molecule has 25 heavy (non-hydrogen) atoms. The third-order valence-electron chi connectivity index (χ3n) is 6.35. The van der Waals surface area contributed by atoms with Gasteiger partial charge in [-0.3, -0.25) is 0 Å². The lowest BCUT2D eigenvalue weighted by atomic mass is 9.83. The van der Waals surface area contributed by atoms with Gasteiger partial charge in [-0.25, -0.2) is 0 Å². The Morgan fingerprint density at radius 2 is 1.48 bits per heavy atom. The van der Waals surface area contributed by atoms with Gasteiger partial charge in [-0.05, 0) is 61.5 Å². The minimum atomic E-state index is -1.79. The third kappa shape index (κ3) is 5.85. The summed E-state index contributed by atoms with van der Waals surface area (Å²) in [6.07, 6.45) is 11.2. The molecular weight excluding hydrogens is 324 g/mol. The van der Waals surface area contributed by atoms with Crippen molar-refractivity contribution in [3.63, 3.8) is 0 Å².